The van der Waals surface area contributed by atoms with Crippen molar-refractivity contribution in [2.75, 3.05) is 5.32 Å². The Hall–Kier alpha value is -2.30. The normalized spacial score (nSPS) is 11.1. The molecule has 0 aliphatic heterocycles. The van der Waals surface area contributed by atoms with Crippen LogP contribution in [0.5, 0.6) is 0 Å². The van der Waals surface area contributed by atoms with E-state index in [1.54, 1.807) is 0 Å². The van der Waals surface area contributed by atoms with Gasteiger partial charge in [-0.3, -0.25) is 4.79 Å². The molecule has 0 spiro atoms. The van der Waals surface area contributed by atoms with Gasteiger partial charge in [-0.1, -0.05) is 6.07 Å². The number of hydrogen-bond donors (Lipinski definition) is 3. The highest BCUT2D eigenvalue weighted by atomic mass is 32.2. The number of nitrogens with two attached hydrogens (primary N) is 1. The average Bonchev–Trinajstić information content (AvgIpc) is 2.88. The molecule has 4 N–H and O–H groups in total. The van der Waals surface area contributed by atoms with E-state index < -0.39 is 21.9 Å². The van der Waals surface area contributed by atoms with Gasteiger partial charge in [0.1, 0.15) is 0 Å². The Morgan fingerprint density at radius 2 is 2.05 bits per heavy atom. The minimum absolute atomic E-state index is 0.0478. The fourth-order valence-electron chi connectivity index (χ4n) is 1.41. The van der Waals surface area contributed by atoms with Crippen LogP contribution in [-0.2, 0) is 10.0 Å². The van der Waals surface area contributed by atoms with E-state index in [-0.39, 0.29) is 21.3 Å². The lowest BCUT2D eigenvalue weighted by Crippen LogP contribution is -2.15. The lowest BCUT2D eigenvalue weighted by molar-refractivity contribution is 0.0691. The van der Waals surface area contributed by atoms with Crippen LogP contribution in [0.25, 0.3) is 0 Å². The monoisotopic (exact) mass is 327 g/mol. The van der Waals surface area contributed by atoms with Crippen LogP contribution < -0.4 is 10.5 Å². The van der Waals surface area contributed by atoms with Crippen molar-refractivity contribution < 1.29 is 23.1 Å². The number of hydrogen-bond acceptors (Lipinski definition) is 6. The Morgan fingerprint density at radius 1 is 1.33 bits per heavy atom. The summed E-state index contributed by atoms with van der Waals surface area (Å²) < 4.78 is 22.4. The van der Waals surface area contributed by atoms with Gasteiger partial charge in [0.15, 0.2) is 10.7 Å². The van der Waals surface area contributed by atoms with Crippen LogP contribution in [0, 0.1) is 0 Å². The molecule has 110 valence electrons. The zero-order valence-corrected chi connectivity index (χ0v) is 11.9. The van der Waals surface area contributed by atoms with E-state index in [1.807, 2.05) is 0 Å². The van der Waals surface area contributed by atoms with Crippen molar-refractivity contribution in [1.29, 1.82) is 0 Å². The molecule has 2 rings (SSSR count). The number of nitrogens with zero attached hydrogens (tertiary/aromatic N) is 1. The molecule has 0 bridgehead atoms. The number of amides is 1. The van der Waals surface area contributed by atoms with Gasteiger partial charge in [0.25, 0.3) is 5.91 Å². The Balaban J connectivity index is 2.21. The number of carboxylic acids is 1. The van der Waals surface area contributed by atoms with E-state index >= 15 is 0 Å². The van der Waals surface area contributed by atoms with Crippen LogP contribution >= 0.6 is 11.3 Å². The van der Waals surface area contributed by atoms with E-state index in [0.717, 1.165) is 11.3 Å². The standard InChI is InChI=1S/C11H9N3O5S2/c12-21(18,19)7-3-1-2-6(4-7)13-9(15)10-14-8(5-20-10)11(16)17/h1-5H,(H,13,15)(H,16,17)(H2,12,18,19). The molecule has 10 heteroatoms. The molecule has 0 aliphatic rings. The molecule has 1 amide bonds. The first-order chi connectivity index (χ1) is 9.77. The predicted octanol–water partition coefficient (Wildman–Crippen LogP) is 0.741. The quantitative estimate of drug-likeness (QED) is 0.756. The largest absolute Gasteiger partial charge is 0.476 e. The van der Waals surface area contributed by atoms with Crippen molar-refractivity contribution >= 4 is 38.9 Å². The first kappa shape index (κ1) is 15.1. The Kier molecular flexibility index (Phi) is 4.02. The summed E-state index contributed by atoms with van der Waals surface area (Å²) in [6.45, 7) is 0. The van der Waals surface area contributed by atoms with E-state index in [9.17, 15) is 18.0 Å². The summed E-state index contributed by atoms with van der Waals surface area (Å²) in [6.07, 6.45) is 0. The highest BCUT2D eigenvalue weighted by molar-refractivity contribution is 7.89. The van der Waals surface area contributed by atoms with Crippen LogP contribution in [-0.4, -0.2) is 30.4 Å². The third-order valence-corrected chi connectivity index (χ3v) is 4.09. The van der Waals surface area contributed by atoms with Gasteiger partial charge in [-0.15, -0.1) is 11.3 Å². The van der Waals surface area contributed by atoms with E-state index in [4.69, 9.17) is 10.2 Å². The van der Waals surface area contributed by atoms with Crippen molar-refractivity contribution in [3.05, 3.63) is 40.3 Å². The number of carbonyl (C=O) groups excluding carboxylic acids is 1. The molecular weight excluding hydrogens is 318 g/mol. The van der Waals surface area contributed by atoms with E-state index in [2.05, 4.69) is 10.3 Å². The van der Waals surface area contributed by atoms with Gasteiger partial charge in [-0.05, 0) is 18.2 Å². The highest BCUT2D eigenvalue weighted by Gasteiger charge is 2.15. The van der Waals surface area contributed by atoms with E-state index in [1.165, 1.54) is 29.6 Å². The van der Waals surface area contributed by atoms with E-state index in [0.29, 0.717) is 0 Å². The van der Waals surface area contributed by atoms with Crippen molar-refractivity contribution in [1.82, 2.24) is 4.98 Å². The second-order valence-electron chi connectivity index (χ2n) is 3.87. The molecule has 0 radical (unpaired) electrons. The fraction of sp³-hybridized carbons (Fsp3) is 0. The highest BCUT2D eigenvalue weighted by Crippen LogP contribution is 2.16. The molecule has 0 atom stereocenters. The molecule has 8 nitrogen and oxygen atoms in total. The number of carboxylic acid groups (broad SMARTS) is 1. The van der Waals surface area contributed by atoms with Crippen LogP contribution in [0.15, 0.2) is 34.5 Å². The summed E-state index contributed by atoms with van der Waals surface area (Å²) in [5.41, 5.74) is -0.0259. The predicted molar refractivity (Wildman–Crippen MR) is 74.8 cm³/mol. The SMILES string of the molecule is NS(=O)(=O)c1cccc(NC(=O)c2nc(C(=O)O)cs2)c1. The minimum Gasteiger partial charge on any atom is -0.476 e. The zero-order valence-electron chi connectivity index (χ0n) is 10.3. The second-order valence-corrected chi connectivity index (χ2v) is 6.29. The van der Waals surface area contributed by atoms with Gasteiger partial charge in [0.2, 0.25) is 10.0 Å². The maximum atomic E-state index is 11.9. The number of carbonyl (C=O) groups is 2. The van der Waals surface area contributed by atoms with Crippen molar-refractivity contribution in [2.45, 2.75) is 4.90 Å². The van der Waals surface area contributed by atoms with Crippen molar-refractivity contribution in [3.63, 3.8) is 0 Å². The summed E-state index contributed by atoms with van der Waals surface area (Å²) in [6, 6.07) is 5.37. The molecule has 0 aliphatic carbocycles. The zero-order chi connectivity index (χ0) is 15.6. The molecule has 0 saturated heterocycles. The Bertz CT molecular complexity index is 813. The minimum atomic E-state index is -3.87. The number of rotatable bonds is 4. The molecule has 0 fully saturated rings. The first-order valence-corrected chi connectivity index (χ1v) is 7.83. The number of aromatic nitrogens is 1. The second kappa shape index (κ2) is 5.60. The third-order valence-electron chi connectivity index (χ3n) is 2.34. The van der Waals surface area contributed by atoms with Gasteiger partial charge in [0.05, 0.1) is 4.90 Å². The van der Waals surface area contributed by atoms with Crippen LogP contribution in [0.2, 0.25) is 0 Å². The van der Waals surface area contributed by atoms with Crippen LogP contribution in [0.3, 0.4) is 0 Å². The lowest BCUT2D eigenvalue weighted by atomic mass is 10.3. The van der Waals surface area contributed by atoms with Crippen molar-refractivity contribution in [2.24, 2.45) is 5.14 Å². The van der Waals surface area contributed by atoms with Gasteiger partial charge in [-0.2, -0.15) is 0 Å². The number of nitrogens with one attached hydrogen (secondary N) is 1. The summed E-state index contributed by atoms with van der Waals surface area (Å²) in [4.78, 5) is 26.0. The number of sulfonamides is 1. The number of aromatic carboxylic acids is 1. The van der Waals surface area contributed by atoms with Gasteiger partial charge >= 0.3 is 5.97 Å². The molecule has 1 aromatic carbocycles. The molecule has 1 aromatic heterocycles. The summed E-state index contributed by atoms with van der Waals surface area (Å²) >= 11 is 0.868. The number of primary sulfonamides is 1. The summed E-state index contributed by atoms with van der Waals surface area (Å²) in [7, 11) is -3.87. The number of thiazole rings is 1. The molecule has 0 unspecified atom stereocenters. The van der Waals surface area contributed by atoms with Gasteiger partial charge in [0, 0.05) is 11.1 Å². The van der Waals surface area contributed by atoms with Crippen LogP contribution in [0.1, 0.15) is 20.3 Å². The molecule has 21 heavy (non-hydrogen) atoms. The Morgan fingerprint density at radius 3 is 2.62 bits per heavy atom. The topological polar surface area (TPSA) is 139 Å². The molecular formula is C11H9N3O5S2. The lowest BCUT2D eigenvalue weighted by Gasteiger charge is -2.04. The number of anilines is 1. The Labute approximate surface area is 123 Å². The summed E-state index contributed by atoms with van der Waals surface area (Å²) in [5, 5.41) is 17.3. The molecule has 1 heterocycles. The molecule has 2 aromatic rings. The third kappa shape index (κ3) is 3.62. The number of benzene rings is 1. The maximum absolute atomic E-state index is 11.9. The van der Waals surface area contributed by atoms with Gasteiger partial charge < -0.3 is 10.4 Å². The maximum Gasteiger partial charge on any atom is 0.355 e. The van der Waals surface area contributed by atoms with Gasteiger partial charge in [-0.25, -0.2) is 23.3 Å². The summed E-state index contributed by atoms with van der Waals surface area (Å²) in [5.74, 6) is -1.87. The molecule has 0 saturated carbocycles. The van der Waals surface area contributed by atoms with Crippen molar-refractivity contribution in [3.8, 4) is 0 Å². The average molecular weight is 327 g/mol. The van der Waals surface area contributed by atoms with Crippen LogP contribution in [0.4, 0.5) is 5.69 Å². The smallest absolute Gasteiger partial charge is 0.355 e. The first-order valence-electron chi connectivity index (χ1n) is 5.40. The fourth-order valence-corrected chi connectivity index (χ4v) is 2.66.